The van der Waals surface area contributed by atoms with Crippen molar-refractivity contribution in [1.82, 2.24) is 14.3 Å². The van der Waals surface area contributed by atoms with Crippen molar-refractivity contribution >= 4 is 27.6 Å². The average Bonchev–Trinajstić information content (AvgIpc) is 2.55. The van der Waals surface area contributed by atoms with Gasteiger partial charge in [0.2, 0.25) is 10.0 Å². The molecule has 6 nitrogen and oxygen atoms in total. The average molecular weight is 357 g/mol. The first-order valence-electron chi connectivity index (χ1n) is 8.22. The Labute approximate surface area is 142 Å². The van der Waals surface area contributed by atoms with Gasteiger partial charge in [0.15, 0.2) is 0 Å². The van der Waals surface area contributed by atoms with Gasteiger partial charge in [-0.15, -0.1) is 0 Å². The maximum atomic E-state index is 12.4. The van der Waals surface area contributed by atoms with Crippen LogP contribution in [0, 0.1) is 6.92 Å². The second kappa shape index (κ2) is 7.36. The first-order valence-corrected chi connectivity index (χ1v) is 11.0. The molecule has 8 heteroatoms. The van der Waals surface area contributed by atoms with Crippen LogP contribution < -0.4 is 5.32 Å². The molecule has 3 rings (SSSR count). The number of nitrogens with one attached hydrogen (secondary N) is 1. The molecule has 1 aliphatic carbocycles. The molecule has 1 N–H and O–H groups in total. The van der Waals surface area contributed by atoms with E-state index < -0.39 is 10.0 Å². The highest BCUT2D eigenvalue weighted by Gasteiger charge is 2.24. The van der Waals surface area contributed by atoms with Crippen LogP contribution in [0.2, 0.25) is 0 Å². The minimum absolute atomic E-state index is 0.121. The van der Waals surface area contributed by atoms with E-state index in [9.17, 15) is 8.42 Å². The van der Waals surface area contributed by atoms with Crippen LogP contribution >= 0.6 is 11.8 Å². The Morgan fingerprint density at radius 3 is 2.70 bits per heavy atom. The molecule has 0 bridgehead atoms. The zero-order chi connectivity index (χ0) is 16.3. The molecular weight excluding hydrogens is 332 g/mol. The van der Waals surface area contributed by atoms with Gasteiger partial charge in [-0.05, 0) is 32.6 Å². The fraction of sp³-hybridized carbons (Fsp3) is 0.733. The molecule has 128 valence electrons. The van der Waals surface area contributed by atoms with Crippen LogP contribution in [-0.4, -0.2) is 59.6 Å². The number of thioether (sulfide) groups is 1. The lowest BCUT2D eigenvalue weighted by Crippen LogP contribution is -2.40. The summed E-state index contributed by atoms with van der Waals surface area (Å²) in [5.74, 6) is 3.49. The topological polar surface area (TPSA) is 75.2 Å². The van der Waals surface area contributed by atoms with Crippen molar-refractivity contribution in [2.24, 2.45) is 0 Å². The summed E-state index contributed by atoms with van der Waals surface area (Å²) in [4.78, 5) is 9.01. The molecule has 0 aromatic carbocycles. The van der Waals surface area contributed by atoms with Crippen LogP contribution in [0.25, 0.3) is 0 Å². The van der Waals surface area contributed by atoms with Crippen LogP contribution in [0.4, 0.5) is 5.82 Å². The van der Waals surface area contributed by atoms with Gasteiger partial charge < -0.3 is 5.32 Å². The molecule has 1 saturated heterocycles. The van der Waals surface area contributed by atoms with Crippen LogP contribution in [0.5, 0.6) is 0 Å². The highest BCUT2D eigenvalue weighted by atomic mass is 32.2. The first kappa shape index (κ1) is 17.0. The van der Waals surface area contributed by atoms with Gasteiger partial charge >= 0.3 is 0 Å². The SMILES string of the molecule is Cc1nc2c(c(NCCS(=O)(=O)N3CCSCC3)n1)CCCC2. The summed E-state index contributed by atoms with van der Waals surface area (Å²) in [6, 6.07) is 0. The molecule has 23 heavy (non-hydrogen) atoms. The standard InChI is InChI=1S/C15H24N4O2S2/c1-12-17-14-5-3-2-4-13(14)15(18-12)16-6-11-23(20,21)19-7-9-22-10-8-19/h2-11H2,1H3,(H,16,17,18). The lowest BCUT2D eigenvalue weighted by Gasteiger charge is -2.26. The van der Waals surface area contributed by atoms with Crippen molar-refractivity contribution in [1.29, 1.82) is 0 Å². The van der Waals surface area contributed by atoms with Gasteiger partial charge in [0.1, 0.15) is 11.6 Å². The maximum absolute atomic E-state index is 12.4. The lowest BCUT2D eigenvalue weighted by atomic mass is 9.96. The van der Waals surface area contributed by atoms with Gasteiger partial charge in [-0.1, -0.05) is 0 Å². The normalized spacial score (nSPS) is 19.3. The van der Waals surface area contributed by atoms with E-state index in [2.05, 4.69) is 15.3 Å². The molecule has 0 amide bonds. The van der Waals surface area contributed by atoms with Crippen molar-refractivity contribution < 1.29 is 8.42 Å². The van der Waals surface area contributed by atoms with Crippen LogP contribution in [0.1, 0.15) is 29.9 Å². The molecule has 0 saturated carbocycles. The fourth-order valence-electron chi connectivity index (χ4n) is 3.12. The lowest BCUT2D eigenvalue weighted by molar-refractivity contribution is 0.444. The third kappa shape index (κ3) is 4.16. The van der Waals surface area contributed by atoms with E-state index in [4.69, 9.17) is 0 Å². The predicted molar refractivity (Wildman–Crippen MR) is 94.6 cm³/mol. The predicted octanol–water partition coefficient (Wildman–Crippen LogP) is 1.45. The van der Waals surface area contributed by atoms with Crippen LogP contribution in [0.3, 0.4) is 0 Å². The highest BCUT2D eigenvalue weighted by molar-refractivity contribution is 7.99. The molecule has 0 atom stereocenters. The number of fused-ring (bicyclic) bond motifs is 1. The van der Waals surface area contributed by atoms with Gasteiger partial charge in [0.05, 0.1) is 5.75 Å². The van der Waals surface area contributed by atoms with Gasteiger partial charge in [-0.3, -0.25) is 0 Å². The van der Waals surface area contributed by atoms with E-state index >= 15 is 0 Å². The van der Waals surface area contributed by atoms with E-state index in [0.29, 0.717) is 19.6 Å². The van der Waals surface area contributed by atoms with E-state index in [-0.39, 0.29) is 5.75 Å². The van der Waals surface area contributed by atoms with Crippen LogP contribution in [-0.2, 0) is 22.9 Å². The number of sulfonamides is 1. The molecular formula is C15H24N4O2S2. The molecule has 1 aliphatic heterocycles. The van der Waals surface area contributed by atoms with Crippen molar-refractivity contribution in [2.45, 2.75) is 32.6 Å². The minimum atomic E-state index is -3.17. The van der Waals surface area contributed by atoms with Crippen molar-refractivity contribution in [3.8, 4) is 0 Å². The summed E-state index contributed by atoms with van der Waals surface area (Å²) in [6.07, 6.45) is 4.30. The molecule has 2 aliphatic rings. The van der Waals surface area contributed by atoms with Gasteiger partial charge in [0, 0.05) is 42.4 Å². The van der Waals surface area contributed by atoms with E-state index in [1.165, 1.54) is 12.0 Å². The first-order chi connectivity index (χ1) is 11.1. The molecule has 0 radical (unpaired) electrons. The molecule has 1 aromatic rings. The fourth-order valence-corrected chi connectivity index (χ4v) is 5.61. The van der Waals surface area contributed by atoms with Crippen LogP contribution in [0.15, 0.2) is 0 Å². The number of rotatable bonds is 5. The third-order valence-corrected chi connectivity index (χ3v) is 7.13. The van der Waals surface area contributed by atoms with Gasteiger partial charge in [0.25, 0.3) is 0 Å². The molecule has 0 spiro atoms. The zero-order valence-electron chi connectivity index (χ0n) is 13.5. The molecule has 0 unspecified atom stereocenters. The molecule has 1 aromatic heterocycles. The number of nitrogens with zero attached hydrogens (tertiary/aromatic N) is 3. The van der Waals surface area contributed by atoms with Crippen molar-refractivity contribution in [2.75, 3.05) is 42.2 Å². The Balaban J connectivity index is 1.63. The molecule has 1 fully saturated rings. The summed E-state index contributed by atoms with van der Waals surface area (Å²) in [5, 5.41) is 3.25. The summed E-state index contributed by atoms with van der Waals surface area (Å²) in [7, 11) is -3.17. The number of anilines is 1. The Morgan fingerprint density at radius 1 is 1.17 bits per heavy atom. The van der Waals surface area contributed by atoms with Gasteiger partial charge in [-0.2, -0.15) is 11.8 Å². The second-order valence-electron chi connectivity index (χ2n) is 6.01. The summed E-state index contributed by atoms with van der Waals surface area (Å²) in [5.41, 5.74) is 2.30. The quantitative estimate of drug-likeness (QED) is 0.861. The van der Waals surface area contributed by atoms with Gasteiger partial charge in [-0.25, -0.2) is 22.7 Å². The largest absolute Gasteiger partial charge is 0.369 e. The molecule has 2 heterocycles. The maximum Gasteiger partial charge on any atom is 0.215 e. The summed E-state index contributed by atoms with van der Waals surface area (Å²) in [6.45, 7) is 3.56. The number of hydrogen-bond acceptors (Lipinski definition) is 6. The smallest absolute Gasteiger partial charge is 0.215 e. The summed E-state index contributed by atoms with van der Waals surface area (Å²) < 4.78 is 26.4. The third-order valence-electron chi connectivity index (χ3n) is 4.31. The monoisotopic (exact) mass is 356 g/mol. The van der Waals surface area contributed by atoms with Crippen molar-refractivity contribution in [3.05, 3.63) is 17.1 Å². The number of aryl methyl sites for hydroxylation is 2. The Kier molecular flexibility index (Phi) is 5.43. The van der Waals surface area contributed by atoms with E-state index in [1.54, 1.807) is 4.31 Å². The van der Waals surface area contributed by atoms with E-state index in [0.717, 1.165) is 48.1 Å². The number of aromatic nitrogens is 2. The van der Waals surface area contributed by atoms with E-state index in [1.807, 2.05) is 18.7 Å². The van der Waals surface area contributed by atoms with Crippen molar-refractivity contribution in [3.63, 3.8) is 0 Å². The Bertz CT molecular complexity index is 658. The highest BCUT2D eigenvalue weighted by Crippen LogP contribution is 2.25. The number of hydrogen-bond donors (Lipinski definition) is 1. The Morgan fingerprint density at radius 2 is 1.91 bits per heavy atom. The Hall–Kier alpha value is -0.860. The second-order valence-corrected chi connectivity index (χ2v) is 9.32. The zero-order valence-corrected chi connectivity index (χ0v) is 15.2. The summed E-state index contributed by atoms with van der Waals surface area (Å²) >= 11 is 1.81. The minimum Gasteiger partial charge on any atom is -0.369 e.